The molecule has 0 atom stereocenters. The number of anilines is 1. The van der Waals surface area contributed by atoms with Crippen LogP contribution in [0, 0.1) is 20.8 Å². The highest BCUT2D eigenvalue weighted by atomic mass is 32.2. The number of rotatable bonds is 8. The molecule has 0 fully saturated rings. The molecule has 6 heteroatoms. The monoisotopic (exact) mass is 387 g/mol. The fourth-order valence-corrected chi connectivity index (χ4v) is 3.31. The van der Waals surface area contributed by atoms with Gasteiger partial charge in [0.2, 0.25) is 0 Å². The Morgan fingerprint density at radius 1 is 1.04 bits per heavy atom. The summed E-state index contributed by atoms with van der Waals surface area (Å²) in [5.74, 6) is 0.381. The molecule has 0 aliphatic carbocycles. The van der Waals surface area contributed by atoms with E-state index in [1.165, 1.54) is 18.2 Å². The van der Waals surface area contributed by atoms with Crippen LogP contribution >= 0.6 is 11.8 Å². The van der Waals surface area contributed by atoms with Crippen LogP contribution in [0.1, 0.15) is 23.1 Å². The first-order chi connectivity index (χ1) is 12.9. The summed E-state index contributed by atoms with van der Waals surface area (Å²) in [6.07, 6.45) is 0.249. The van der Waals surface area contributed by atoms with Crippen LogP contribution in [0.25, 0.3) is 0 Å². The van der Waals surface area contributed by atoms with Gasteiger partial charge in [-0.25, -0.2) is 0 Å². The van der Waals surface area contributed by atoms with Gasteiger partial charge in [0.15, 0.2) is 6.61 Å². The van der Waals surface area contributed by atoms with Crippen molar-refractivity contribution in [3.05, 3.63) is 53.1 Å². The van der Waals surface area contributed by atoms with Crippen molar-refractivity contribution in [3.8, 4) is 5.75 Å². The van der Waals surface area contributed by atoms with Gasteiger partial charge in [-0.3, -0.25) is 9.59 Å². The summed E-state index contributed by atoms with van der Waals surface area (Å²) in [6.45, 7) is 5.74. The number of esters is 1. The Morgan fingerprint density at radius 2 is 1.81 bits per heavy atom. The van der Waals surface area contributed by atoms with Gasteiger partial charge < -0.3 is 14.8 Å². The van der Waals surface area contributed by atoms with E-state index in [0.29, 0.717) is 17.2 Å². The summed E-state index contributed by atoms with van der Waals surface area (Å²) in [5.41, 5.74) is 4.02. The van der Waals surface area contributed by atoms with Crippen molar-refractivity contribution in [3.63, 3.8) is 0 Å². The maximum Gasteiger partial charge on any atom is 0.307 e. The first-order valence-electron chi connectivity index (χ1n) is 8.69. The standard InChI is InChI=1S/C21H25NO4S/c1-14-5-8-19(25-4)18(11-14)22-20(23)13-26-21(24)9-10-27-17-7-6-15(2)16(3)12-17/h5-8,11-12H,9-10,13H2,1-4H3,(H,22,23). The van der Waals surface area contributed by atoms with Crippen LogP contribution in [0.15, 0.2) is 41.3 Å². The molecule has 0 saturated heterocycles. The second-order valence-corrected chi connectivity index (χ2v) is 7.43. The number of methoxy groups -OCH3 is 1. The topological polar surface area (TPSA) is 64.6 Å². The van der Waals surface area contributed by atoms with E-state index in [2.05, 4.69) is 31.3 Å². The van der Waals surface area contributed by atoms with Crippen molar-refractivity contribution in [1.29, 1.82) is 0 Å². The molecule has 1 amide bonds. The van der Waals surface area contributed by atoms with E-state index in [0.717, 1.165) is 10.5 Å². The van der Waals surface area contributed by atoms with Crippen molar-refractivity contribution in [2.45, 2.75) is 32.1 Å². The lowest BCUT2D eigenvalue weighted by atomic mass is 10.1. The molecule has 2 aromatic rings. The zero-order chi connectivity index (χ0) is 19.8. The molecule has 0 heterocycles. The molecule has 5 nitrogen and oxygen atoms in total. The number of carbonyl (C=O) groups excluding carboxylic acids is 2. The fourth-order valence-electron chi connectivity index (χ4n) is 2.38. The number of aryl methyl sites for hydroxylation is 3. The van der Waals surface area contributed by atoms with Crippen molar-refractivity contribution < 1.29 is 19.1 Å². The lowest BCUT2D eigenvalue weighted by molar-refractivity contribution is -0.146. The lowest BCUT2D eigenvalue weighted by Gasteiger charge is -2.11. The number of ether oxygens (including phenoxy) is 2. The molecular weight excluding hydrogens is 362 g/mol. The normalized spacial score (nSPS) is 10.4. The number of carbonyl (C=O) groups is 2. The highest BCUT2D eigenvalue weighted by Crippen LogP contribution is 2.25. The quantitative estimate of drug-likeness (QED) is 0.541. The summed E-state index contributed by atoms with van der Waals surface area (Å²) in [5, 5.41) is 2.70. The molecule has 0 bridgehead atoms. The highest BCUT2D eigenvalue weighted by molar-refractivity contribution is 7.99. The number of thioether (sulfide) groups is 1. The lowest BCUT2D eigenvalue weighted by Crippen LogP contribution is -2.21. The van der Waals surface area contributed by atoms with Gasteiger partial charge >= 0.3 is 5.97 Å². The van der Waals surface area contributed by atoms with Crippen molar-refractivity contribution in [2.24, 2.45) is 0 Å². The second-order valence-electron chi connectivity index (χ2n) is 6.26. The van der Waals surface area contributed by atoms with E-state index in [9.17, 15) is 9.59 Å². The zero-order valence-corrected chi connectivity index (χ0v) is 16.9. The van der Waals surface area contributed by atoms with Crippen LogP contribution in [0.2, 0.25) is 0 Å². The maximum atomic E-state index is 12.0. The molecule has 2 aromatic carbocycles. The Morgan fingerprint density at radius 3 is 2.52 bits per heavy atom. The molecular formula is C21H25NO4S. The third-order valence-electron chi connectivity index (χ3n) is 4.05. The van der Waals surface area contributed by atoms with Gasteiger partial charge in [-0.05, 0) is 61.7 Å². The SMILES string of the molecule is COc1ccc(C)cc1NC(=O)COC(=O)CCSc1ccc(C)c(C)c1. The van der Waals surface area contributed by atoms with Gasteiger partial charge in [-0.2, -0.15) is 0 Å². The first-order valence-corrected chi connectivity index (χ1v) is 9.67. The Hall–Kier alpha value is -2.47. The average molecular weight is 388 g/mol. The summed E-state index contributed by atoms with van der Waals surface area (Å²) in [6, 6.07) is 11.7. The Kier molecular flexibility index (Phi) is 7.73. The fraction of sp³-hybridized carbons (Fsp3) is 0.333. The molecule has 1 N–H and O–H groups in total. The smallest absolute Gasteiger partial charge is 0.307 e. The van der Waals surface area contributed by atoms with E-state index in [-0.39, 0.29) is 13.0 Å². The Bertz CT molecular complexity index is 820. The number of nitrogens with one attached hydrogen (secondary N) is 1. The van der Waals surface area contributed by atoms with E-state index in [1.54, 1.807) is 23.9 Å². The average Bonchev–Trinajstić information content (AvgIpc) is 2.63. The number of benzene rings is 2. The minimum atomic E-state index is -0.394. The van der Waals surface area contributed by atoms with E-state index >= 15 is 0 Å². The summed E-state index contributed by atoms with van der Waals surface area (Å²) < 4.78 is 10.3. The predicted octanol–water partition coefficient (Wildman–Crippen LogP) is 4.28. The Balaban J connectivity index is 1.74. The van der Waals surface area contributed by atoms with Crippen molar-refractivity contribution in [1.82, 2.24) is 0 Å². The maximum absolute atomic E-state index is 12.0. The van der Waals surface area contributed by atoms with Gasteiger partial charge in [0, 0.05) is 10.6 Å². The van der Waals surface area contributed by atoms with Gasteiger partial charge in [-0.1, -0.05) is 12.1 Å². The number of hydrogen-bond acceptors (Lipinski definition) is 5. The van der Waals surface area contributed by atoms with E-state index in [4.69, 9.17) is 9.47 Å². The molecule has 0 aliphatic heterocycles. The molecule has 27 heavy (non-hydrogen) atoms. The minimum Gasteiger partial charge on any atom is -0.495 e. The third kappa shape index (κ3) is 6.64. The first kappa shape index (κ1) is 20.8. The van der Waals surface area contributed by atoms with Crippen LogP contribution in [0.5, 0.6) is 5.75 Å². The van der Waals surface area contributed by atoms with Crippen LogP contribution in [0.4, 0.5) is 5.69 Å². The van der Waals surface area contributed by atoms with E-state index in [1.807, 2.05) is 19.1 Å². The Labute approximate surface area is 164 Å². The number of amides is 1. The van der Waals surface area contributed by atoms with Gasteiger partial charge in [0.05, 0.1) is 19.2 Å². The summed E-state index contributed by atoms with van der Waals surface area (Å²) in [7, 11) is 1.54. The molecule has 0 unspecified atom stereocenters. The van der Waals surface area contributed by atoms with Crippen LogP contribution in [-0.4, -0.2) is 31.3 Å². The third-order valence-corrected chi connectivity index (χ3v) is 5.04. The molecule has 2 rings (SSSR count). The molecule has 0 spiro atoms. The second kappa shape index (κ2) is 10.0. The van der Waals surface area contributed by atoms with E-state index < -0.39 is 11.9 Å². The van der Waals surface area contributed by atoms with Crippen molar-refractivity contribution in [2.75, 3.05) is 24.8 Å². The molecule has 0 saturated carbocycles. The molecule has 144 valence electrons. The minimum absolute atomic E-state index is 0.249. The molecule has 0 aliphatic rings. The zero-order valence-electron chi connectivity index (χ0n) is 16.1. The van der Waals surface area contributed by atoms with Gasteiger partial charge in [-0.15, -0.1) is 11.8 Å². The summed E-state index contributed by atoms with van der Waals surface area (Å²) >= 11 is 1.60. The molecule has 0 aromatic heterocycles. The largest absolute Gasteiger partial charge is 0.495 e. The van der Waals surface area contributed by atoms with Crippen LogP contribution in [-0.2, 0) is 14.3 Å². The highest BCUT2D eigenvalue weighted by Gasteiger charge is 2.11. The molecule has 0 radical (unpaired) electrons. The number of hydrogen-bond donors (Lipinski definition) is 1. The van der Waals surface area contributed by atoms with Crippen molar-refractivity contribution >= 4 is 29.3 Å². The van der Waals surface area contributed by atoms with Crippen LogP contribution < -0.4 is 10.1 Å². The van der Waals surface area contributed by atoms with Gasteiger partial charge in [0.1, 0.15) is 5.75 Å². The summed E-state index contributed by atoms with van der Waals surface area (Å²) in [4.78, 5) is 25.0. The predicted molar refractivity (Wildman–Crippen MR) is 109 cm³/mol. The van der Waals surface area contributed by atoms with Gasteiger partial charge in [0.25, 0.3) is 5.91 Å². The van der Waals surface area contributed by atoms with Crippen LogP contribution in [0.3, 0.4) is 0 Å².